The highest BCUT2D eigenvalue weighted by Gasteiger charge is 2.13. The second-order valence-electron chi connectivity index (χ2n) is 4.50. The lowest BCUT2D eigenvalue weighted by molar-refractivity contribution is -0.137. The van der Waals surface area contributed by atoms with Gasteiger partial charge in [-0.1, -0.05) is 30.7 Å². The molecule has 0 saturated carbocycles. The average Bonchev–Trinajstić information content (AvgIpc) is 2.35. The molecule has 1 N–H and O–H groups in total. The van der Waals surface area contributed by atoms with Gasteiger partial charge in [0.05, 0.1) is 6.42 Å². The van der Waals surface area contributed by atoms with E-state index in [1.54, 1.807) is 0 Å². The largest absolute Gasteiger partial charge is 0.481 e. The quantitative estimate of drug-likeness (QED) is 0.825. The highest BCUT2D eigenvalue weighted by molar-refractivity contribution is 6.30. The molecule has 0 fully saturated rings. The van der Waals surface area contributed by atoms with Crippen molar-refractivity contribution in [3.63, 3.8) is 0 Å². The molecule has 1 unspecified atom stereocenters. The molecule has 0 aromatic heterocycles. The van der Waals surface area contributed by atoms with Gasteiger partial charge < -0.3 is 5.11 Å². The van der Waals surface area contributed by atoms with Gasteiger partial charge >= 0.3 is 5.97 Å². The van der Waals surface area contributed by atoms with Gasteiger partial charge in [0.25, 0.3) is 0 Å². The molecule has 1 aromatic carbocycles. The predicted molar refractivity (Wildman–Crippen MR) is 73.9 cm³/mol. The van der Waals surface area contributed by atoms with Crippen molar-refractivity contribution < 1.29 is 9.90 Å². The Morgan fingerprint density at radius 3 is 2.50 bits per heavy atom. The minimum Gasteiger partial charge on any atom is -0.481 e. The Morgan fingerprint density at radius 2 is 2.00 bits per heavy atom. The zero-order chi connectivity index (χ0) is 13.5. The number of carboxylic acid groups (broad SMARTS) is 1. The summed E-state index contributed by atoms with van der Waals surface area (Å²) in [5, 5.41) is 9.50. The lowest BCUT2D eigenvalue weighted by atomic mass is 10.1. The van der Waals surface area contributed by atoms with E-state index in [0.717, 1.165) is 23.6 Å². The van der Waals surface area contributed by atoms with Crippen molar-refractivity contribution in [3.05, 3.63) is 34.9 Å². The normalized spacial score (nSPS) is 12.7. The van der Waals surface area contributed by atoms with Crippen molar-refractivity contribution in [1.29, 1.82) is 0 Å². The van der Waals surface area contributed by atoms with Gasteiger partial charge in [0.1, 0.15) is 0 Å². The van der Waals surface area contributed by atoms with Crippen LogP contribution in [0.4, 0.5) is 0 Å². The van der Waals surface area contributed by atoms with Crippen molar-refractivity contribution in [1.82, 2.24) is 4.90 Å². The van der Waals surface area contributed by atoms with E-state index in [1.807, 2.05) is 24.3 Å². The fraction of sp³-hybridized carbons (Fsp3) is 0.500. The van der Waals surface area contributed by atoms with Gasteiger partial charge in [0.2, 0.25) is 0 Å². The number of halogens is 1. The van der Waals surface area contributed by atoms with E-state index in [4.69, 9.17) is 16.7 Å². The van der Waals surface area contributed by atoms with E-state index >= 15 is 0 Å². The molecule has 1 atom stereocenters. The van der Waals surface area contributed by atoms with E-state index in [0.29, 0.717) is 12.6 Å². The van der Waals surface area contributed by atoms with Gasteiger partial charge in [-0.2, -0.15) is 0 Å². The molecule has 0 bridgehead atoms. The lowest BCUT2D eigenvalue weighted by Gasteiger charge is -2.27. The summed E-state index contributed by atoms with van der Waals surface area (Å²) >= 11 is 5.85. The summed E-state index contributed by atoms with van der Waals surface area (Å²) in [7, 11) is 0. The number of rotatable bonds is 7. The Labute approximate surface area is 113 Å². The molecular formula is C14H20ClNO2. The van der Waals surface area contributed by atoms with Crippen LogP contribution in [0.2, 0.25) is 5.02 Å². The van der Waals surface area contributed by atoms with Gasteiger partial charge in [0, 0.05) is 24.2 Å². The van der Waals surface area contributed by atoms with Crippen LogP contribution in [0.15, 0.2) is 24.3 Å². The Bertz CT molecular complexity index is 378. The summed E-state index contributed by atoms with van der Waals surface area (Å²) < 4.78 is 0. The number of hydrogen-bond acceptors (Lipinski definition) is 2. The molecule has 3 nitrogen and oxygen atoms in total. The van der Waals surface area contributed by atoms with Crippen molar-refractivity contribution in [2.45, 2.75) is 39.3 Å². The van der Waals surface area contributed by atoms with Crippen LogP contribution in [0, 0.1) is 0 Å². The highest BCUT2D eigenvalue weighted by Crippen LogP contribution is 2.14. The van der Waals surface area contributed by atoms with Crippen LogP contribution in [-0.2, 0) is 11.3 Å². The van der Waals surface area contributed by atoms with E-state index < -0.39 is 5.97 Å². The summed E-state index contributed by atoms with van der Waals surface area (Å²) in [5.74, 6) is -0.751. The molecule has 0 heterocycles. The molecule has 0 spiro atoms. The lowest BCUT2D eigenvalue weighted by Crippen LogP contribution is -2.34. The average molecular weight is 270 g/mol. The molecule has 1 rings (SSSR count). The molecule has 0 aliphatic heterocycles. The van der Waals surface area contributed by atoms with Crippen LogP contribution in [0.1, 0.15) is 32.3 Å². The first-order chi connectivity index (χ1) is 8.52. The fourth-order valence-corrected chi connectivity index (χ4v) is 1.90. The van der Waals surface area contributed by atoms with Crippen molar-refractivity contribution in [3.8, 4) is 0 Å². The molecule has 0 amide bonds. The van der Waals surface area contributed by atoms with Crippen LogP contribution < -0.4 is 0 Å². The smallest absolute Gasteiger partial charge is 0.304 e. The molecule has 0 aliphatic carbocycles. The van der Waals surface area contributed by atoms with Gasteiger partial charge in [-0.05, 0) is 31.0 Å². The standard InChI is InChI=1S/C14H20ClNO2/c1-3-11(2)16(9-8-14(17)18)10-12-4-6-13(15)7-5-12/h4-7,11H,3,8-10H2,1-2H3,(H,17,18). The number of carbonyl (C=O) groups is 1. The maximum atomic E-state index is 10.7. The summed E-state index contributed by atoms with van der Waals surface area (Å²) in [6.45, 7) is 5.57. The minimum absolute atomic E-state index is 0.179. The van der Waals surface area contributed by atoms with Gasteiger partial charge in [-0.3, -0.25) is 9.69 Å². The fourth-order valence-electron chi connectivity index (χ4n) is 1.78. The second kappa shape index (κ2) is 7.39. The molecule has 4 heteroatoms. The molecule has 0 aliphatic rings. The molecule has 0 saturated heterocycles. The maximum Gasteiger partial charge on any atom is 0.304 e. The highest BCUT2D eigenvalue weighted by atomic mass is 35.5. The number of hydrogen-bond donors (Lipinski definition) is 1. The van der Waals surface area contributed by atoms with Crippen molar-refractivity contribution in [2.24, 2.45) is 0 Å². The Balaban J connectivity index is 2.65. The Morgan fingerprint density at radius 1 is 1.39 bits per heavy atom. The third-order valence-corrected chi connectivity index (χ3v) is 3.38. The number of aliphatic carboxylic acids is 1. The Kier molecular flexibility index (Phi) is 6.16. The Hall–Kier alpha value is -1.06. The van der Waals surface area contributed by atoms with E-state index in [9.17, 15) is 4.79 Å². The number of benzene rings is 1. The second-order valence-corrected chi connectivity index (χ2v) is 4.93. The summed E-state index contributed by atoms with van der Waals surface area (Å²) in [4.78, 5) is 12.9. The first-order valence-electron chi connectivity index (χ1n) is 6.23. The molecule has 100 valence electrons. The van der Waals surface area contributed by atoms with Gasteiger partial charge in [-0.25, -0.2) is 0 Å². The van der Waals surface area contributed by atoms with E-state index in [-0.39, 0.29) is 6.42 Å². The van der Waals surface area contributed by atoms with Crippen LogP contribution in [0.25, 0.3) is 0 Å². The SMILES string of the molecule is CCC(C)N(CCC(=O)O)Cc1ccc(Cl)cc1. The summed E-state index contributed by atoms with van der Waals surface area (Å²) in [6.07, 6.45) is 1.19. The van der Waals surface area contributed by atoms with Crippen LogP contribution >= 0.6 is 11.6 Å². The number of carboxylic acids is 1. The monoisotopic (exact) mass is 269 g/mol. The zero-order valence-electron chi connectivity index (χ0n) is 10.9. The van der Waals surface area contributed by atoms with E-state index in [1.165, 1.54) is 0 Å². The molecule has 1 aromatic rings. The van der Waals surface area contributed by atoms with Crippen molar-refractivity contribution in [2.75, 3.05) is 6.54 Å². The zero-order valence-corrected chi connectivity index (χ0v) is 11.7. The molecular weight excluding hydrogens is 250 g/mol. The molecule has 18 heavy (non-hydrogen) atoms. The van der Waals surface area contributed by atoms with Gasteiger partial charge in [0.15, 0.2) is 0 Å². The third kappa shape index (κ3) is 5.07. The first-order valence-corrected chi connectivity index (χ1v) is 6.61. The minimum atomic E-state index is -0.751. The van der Waals surface area contributed by atoms with Crippen molar-refractivity contribution >= 4 is 17.6 Å². The summed E-state index contributed by atoms with van der Waals surface area (Å²) in [6, 6.07) is 8.07. The first kappa shape index (κ1) is 15.0. The summed E-state index contributed by atoms with van der Waals surface area (Å²) in [5.41, 5.74) is 1.16. The topological polar surface area (TPSA) is 40.5 Å². The van der Waals surface area contributed by atoms with Gasteiger partial charge in [-0.15, -0.1) is 0 Å². The van der Waals surface area contributed by atoms with Crippen LogP contribution in [0.5, 0.6) is 0 Å². The molecule has 0 radical (unpaired) electrons. The van der Waals surface area contributed by atoms with E-state index in [2.05, 4.69) is 18.7 Å². The maximum absolute atomic E-state index is 10.7. The van der Waals surface area contributed by atoms with Crippen LogP contribution in [-0.4, -0.2) is 28.6 Å². The number of nitrogens with zero attached hydrogens (tertiary/aromatic N) is 1. The third-order valence-electron chi connectivity index (χ3n) is 3.13. The van der Waals surface area contributed by atoms with Crippen LogP contribution in [0.3, 0.4) is 0 Å². The predicted octanol–water partition coefficient (Wildman–Crippen LogP) is 3.42.